The van der Waals surface area contributed by atoms with Crippen LogP contribution >= 0.6 is 0 Å². The highest BCUT2D eigenvalue weighted by Gasteiger charge is 2.34. The first-order valence-corrected chi connectivity index (χ1v) is 10.4. The van der Waals surface area contributed by atoms with Gasteiger partial charge >= 0.3 is 0 Å². The summed E-state index contributed by atoms with van der Waals surface area (Å²) in [5, 5.41) is 8.53. The topological polar surface area (TPSA) is 82.2 Å². The number of fused-ring (bicyclic) bond motifs is 1. The number of ether oxygens (including phenoxy) is 1. The molecule has 3 aromatic heterocycles. The van der Waals surface area contributed by atoms with Crippen LogP contribution < -0.4 is 10.1 Å². The molecule has 0 saturated heterocycles. The smallest absolute Gasteiger partial charge is 0.252 e. The Morgan fingerprint density at radius 3 is 2.68 bits per heavy atom. The monoisotopic (exact) mass is 416 g/mol. The van der Waals surface area contributed by atoms with E-state index in [4.69, 9.17) is 14.1 Å². The van der Waals surface area contributed by atoms with Gasteiger partial charge in [0.1, 0.15) is 11.4 Å². The van der Waals surface area contributed by atoms with Gasteiger partial charge in [0, 0.05) is 7.05 Å². The summed E-state index contributed by atoms with van der Waals surface area (Å²) in [5.41, 5.74) is 3.67. The molecule has 0 unspecified atom stereocenters. The zero-order chi connectivity index (χ0) is 21.5. The van der Waals surface area contributed by atoms with Crippen LogP contribution in [0.15, 0.2) is 53.1 Å². The zero-order valence-electron chi connectivity index (χ0n) is 17.8. The summed E-state index contributed by atoms with van der Waals surface area (Å²) in [6.45, 7) is 1.90. The Morgan fingerprint density at radius 2 is 2.03 bits per heavy atom. The molecular weight excluding hydrogens is 392 g/mol. The molecule has 7 heteroatoms. The number of carbonyl (C=O) groups excluding carboxylic acids is 1. The maximum Gasteiger partial charge on any atom is 0.252 e. The summed E-state index contributed by atoms with van der Waals surface area (Å²) in [4.78, 5) is 18.2. The van der Waals surface area contributed by atoms with E-state index in [-0.39, 0.29) is 11.9 Å². The van der Waals surface area contributed by atoms with Crippen molar-refractivity contribution in [3.8, 4) is 17.2 Å². The third kappa shape index (κ3) is 3.56. The summed E-state index contributed by atoms with van der Waals surface area (Å²) in [6, 6.07) is 13.3. The lowest BCUT2D eigenvalue weighted by atomic mass is 10.0. The molecule has 31 heavy (non-hydrogen) atoms. The molecule has 0 radical (unpaired) electrons. The third-order valence-electron chi connectivity index (χ3n) is 5.84. The van der Waals surface area contributed by atoms with Gasteiger partial charge in [0.2, 0.25) is 0 Å². The molecule has 0 aliphatic heterocycles. The molecule has 1 N–H and O–H groups in total. The van der Waals surface area contributed by atoms with E-state index in [1.807, 2.05) is 50.4 Å². The van der Waals surface area contributed by atoms with Crippen molar-refractivity contribution in [2.45, 2.75) is 25.8 Å². The van der Waals surface area contributed by atoms with Crippen molar-refractivity contribution in [2.24, 2.45) is 13.0 Å². The lowest BCUT2D eigenvalue weighted by molar-refractivity contribution is 0.0933. The van der Waals surface area contributed by atoms with E-state index < -0.39 is 0 Å². The molecule has 1 aliphatic carbocycles. The van der Waals surface area contributed by atoms with Crippen LogP contribution in [-0.2, 0) is 7.05 Å². The van der Waals surface area contributed by atoms with E-state index in [0.29, 0.717) is 28.6 Å². The SMILES string of the molecule is COc1ccc([C@@H](NC(=O)c2cc(-c3ccco3)nc3c2c(C)nn3C)C2CC2)cc1. The van der Waals surface area contributed by atoms with E-state index in [9.17, 15) is 4.79 Å². The van der Waals surface area contributed by atoms with Gasteiger partial charge in [0.05, 0.1) is 36.1 Å². The maximum atomic E-state index is 13.5. The first-order chi connectivity index (χ1) is 15.0. The Kier molecular flexibility index (Phi) is 4.73. The van der Waals surface area contributed by atoms with E-state index in [1.54, 1.807) is 24.1 Å². The summed E-state index contributed by atoms with van der Waals surface area (Å²) < 4.78 is 12.5. The van der Waals surface area contributed by atoms with E-state index in [1.165, 1.54) is 0 Å². The maximum absolute atomic E-state index is 13.5. The second kappa shape index (κ2) is 7.58. The Balaban J connectivity index is 1.55. The van der Waals surface area contributed by atoms with E-state index in [2.05, 4.69) is 10.4 Å². The first kappa shape index (κ1) is 19.4. The molecule has 1 amide bonds. The van der Waals surface area contributed by atoms with Crippen molar-refractivity contribution in [3.05, 3.63) is 65.5 Å². The Labute approximate surface area is 180 Å². The quantitative estimate of drug-likeness (QED) is 0.503. The third-order valence-corrected chi connectivity index (χ3v) is 5.84. The van der Waals surface area contributed by atoms with Crippen LogP contribution in [-0.4, -0.2) is 27.8 Å². The minimum absolute atomic E-state index is 0.0503. The molecule has 1 saturated carbocycles. The highest BCUT2D eigenvalue weighted by molar-refractivity contribution is 6.07. The van der Waals surface area contributed by atoms with Crippen molar-refractivity contribution < 1.29 is 13.9 Å². The van der Waals surface area contributed by atoms with Crippen molar-refractivity contribution in [1.82, 2.24) is 20.1 Å². The van der Waals surface area contributed by atoms with Crippen molar-refractivity contribution in [3.63, 3.8) is 0 Å². The lowest BCUT2D eigenvalue weighted by Gasteiger charge is -2.20. The molecule has 1 atom stereocenters. The van der Waals surface area contributed by atoms with Gasteiger partial charge in [0.25, 0.3) is 5.91 Å². The van der Waals surface area contributed by atoms with E-state index >= 15 is 0 Å². The van der Waals surface area contributed by atoms with Crippen molar-refractivity contribution in [1.29, 1.82) is 0 Å². The fraction of sp³-hybridized carbons (Fsp3) is 0.292. The van der Waals surface area contributed by atoms with Gasteiger partial charge < -0.3 is 14.5 Å². The fourth-order valence-electron chi connectivity index (χ4n) is 4.11. The van der Waals surface area contributed by atoms with Gasteiger partial charge in [-0.25, -0.2) is 4.98 Å². The minimum atomic E-state index is -0.135. The average Bonchev–Trinajstić information content (AvgIpc) is 3.39. The number of nitrogens with one attached hydrogen (secondary N) is 1. The largest absolute Gasteiger partial charge is 0.497 e. The Morgan fingerprint density at radius 1 is 1.26 bits per heavy atom. The number of rotatable bonds is 6. The van der Waals surface area contributed by atoms with Gasteiger partial charge in [-0.1, -0.05) is 12.1 Å². The highest BCUT2D eigenvalue weighted by atomic mass is 16.5. The van der Waals surface area contributed by atoms with Gasteiger partial charge in [-0.2, -0.15) is 5.10 Å². The molecule has 158 valence electrons. The number of aromatic nitrogens is 3. The van der Waals surface area contributed by atoms with Gasteiger partial charge in [0.15, 0.2) is 11.4 Å². The molecule has 1 aromatic carbocycles. The molecule has 4 aromatic rings. The van der Waals surface area contributed by atoms with Crippen molar-refractivity contribution >= 4 is 16.9 Å². The van der Waals surface area contributed by atoms with Crippen molar-refractivity contribution in [2.75, 3.05) is 7.11 Å². The fourth-order valence-corrected chi connectivity index (χ4v) is 4.11. The number of aryl methyl sites for hydroxylation is 2. The number of hydrogen-bond acceptors (Lipinski definition) is 5. The van der Waals surface area contributed by atoms with E-state index in [0.717, 1.165) is 35.2 Å². The number of pyridine rings is 1. The summed E-state index contributed by atoms with van der Waals surface area (Å²) >= 11 is 0. The molecule has 3 heterocycles. The second-order valence-corrected chi connectivity index (χ2v) is 8.00. The second-order valence-electron chi connectivity index (χ2n) is 8.00. The molecule has 1 fully saturated rings. The van der Waals surface area contributed by atoms with Crippen LogP contribution in [0.5, 0.6) is 5.75 Å². The lowest BCUT2D eigenvalue weighted by Crippen LogP contribution is -2.30. The minimum Gasteiger partial charge on any atom is -0.497 e. The normalized spacial score (nSPS) is 14.5. The summed E-state index contributed by atoms with van der Waals surface area (Å²) in [5.74, 6) is 1.72. The predicted octanol–water partition coefficient (Wildman–Crippen LogP) is 4.43. The first-order valence-electron chi connectivity index (χ1n) is 10.4. The van der Waals surface area contributed by atoms with Crippen LogP contribution in [0, 0.1) is 12.8 Å². The number of carbonyl (C=O) groups is 1. The van der Waals surface area contributed by atoms with Gasteiger partial charge in [-0.05, 0) is 61.6 Å². The number of nitrogens with zero attached hydrogens (tertiary/aromatic N) is 3. The standard InChI is InChI=1S/C24H24N4O3/c1-14-21-18(13-19(20-5-4-12-31-20)25-23(21)28(2)27-14)24(29)26-22(15-6-7-15)16-8-10-17(30-3)11-9-16/h4-5,8-13,15,22H,6-7H2,1-3H3,(H,26,29)/t22-/m0/s1. The molecule has 0 spiro atoms. The number of benzene rings is 1. The highest BCUT2D eigenvalue weighted by Crippen LogP contribution is 2.41. The number of methoxy groups -OCH3 is 1. The molecule has 1 aliphatic rings. The van der Waals surface area contributed by atoms with Crippen LogP contribution in [0.4, 0.5) is 0 Å². The zero-order valence-corrected chi connectivity index (χ0v) is 17.8. The van der Waals surface area contributed by atoms with Gasteiger partial charge in [-0.15, -0.1) is 0 Å². The number of furan rings is 1. The number of hydrogen-bond donors (Lipinski definition) is 1. The van der Waals surface area contributed by atoms with Crippen LogP contribution in [0.25, 0.3) is 22.5 Å². The molecule has 5 rings (SSSR count). The Hall–Kier alpha value is -3.61. The molecular formula is C24H24N4O3. The molecule has 7 nitrogen and oxygen atoms in total. The predicted molar refractivity (Wildman–Crippen MR) is 117 cm³/mol. The van der Waals surface area contributed by atoms with Crippen LogP contribution in [0.2, 0.25) is 0 Å². The summed E-state index contributed by atoms with van der Waals surface area (Å²) in [7, 11) is 3.48. The van der Waals surface area contributed by atoms with Crippen LogP contribution in [0.1, 0.15) is 40.5 Å². The van der Waals surface area contributed by atoms with Gasteiger partial charge in [-0.3, -0.25) is 9.48 Å². The number of amides is 1. The molecule has 0 bridgehead atoms. The Bertz CT molecular complexity index is 1240. The average molecular weight is 416 g/mol. The van der Waals surface area contributed by atoms with Crippen LogP contribution in [0.3, 0.4) is 0 Å². The summed E-state index contributed by atoms with van der Waals surface area (Å²) in [6.07, 6.45) is 3.81.